The Kier molecular flexibility index (Phi) is 5.33. The molecule has 0 aromatic heterocycles. The van der Waals surface area contributed by atoms with E-state index in [0.717, 1.165) is 0 Å². The molecule has 2 unspecified atom stereocenters. The molecule has 0 aliphatic carbocycles. The summed E-state index contributed by atoms with van der Waals surface area (Å²) < 4.78 is 4.81. The van der Waals surface area contributed by atoms with Crippen LogP contribution >= 0.6 is 11.6 Å². The van der Waals surface area contributed by atoms with E-state index in [1.165, 1.54) is 0 Å². The van der Waals surface area contributed by atoms with Crippen molar-refractivity contribution in [3.8, 4) is 0 Å². The van der Waals surface area contributed by atoms with Crippen LogP contribution in [0, 0.1) is 5.92 Å². The Hall–Kier alpha value is -0.280. The Balaban J connectivity index is 4.09. The van der Waals surface area contributed by atoms with Gasteiger partial charge in [-0.25, -0.2) is 4.79 Å². The van der Waals surface area contributed by atoms with Crippen LogP contribution in [0.4, 0.5) is 0 Å². The summed E-state index contributed by atoms with van der Waals surface area (Å²) in [4.78, 5) is 11.1. The standard InChI is InChI=1S/C9H17ClO3/c1-5(2)7(10)8(11)9(12)13-6(3)4/h5-8,11H,1-4H3. The average Bonchev–Trinajstić information content (AvgIpc) is 2.00. The monoisotopic (exact) mass is 208 g/mol. The molecule has 2 atom stereocenters. The molecule has 0 rings (SSSR count). The lowest BCUT2D eigenvalue weighted by molar-refractivity contribution is -0.157. The summed E-state index contributed by atoms with van der Waals surface area (Å²) in [6.07, 6.45) is -1.46. The van der Waals surface area contributed by atoms with E-state index in [1.54, 1.807) is 13.8 Å². The molecule has 0 fully saturated rings. The molecule has 0 amide bonds. The van der Waals surface area contributed by atoms with Crippen molar-refractivity contribution in [2.45, 2.75) is 45.3 Å². The molecular formula is C9H17ClO3. The first-order chi connectivity index (χ1) is 5.86. The van der Waals surface area contributed by atoms with Crippen molar-refractivity contribution in [2.24, 2.45) is 5.92 Å². The second kappa shape index (κ2) is 5.45. The lowest BCUT2D eigenvalue weighted by Crippen LogP contribution is -2.36. The summed E-state index contributed by atoms with van der Waals surface area (Å²) in [5.41, 5.74) is 0. The van der Waals surface area contributed by atoms with E-state index in [-0.39, 0.29) is 12.0 Å². The molecule has 3 nitrogen and oxygen atoms in total. The SMILES string of the molecule is CC(C)OC(=O)C(O)C(Cl)C(C)C. The molecule has 4 heteroatoms. The van der Waals surface area contributed by atoms with Crippen LogP contribution < -0.4 is 0 Å². The van der Waals surface area contributed by atoms with Gasteiger partial charge in [-0.2, -0.15) is 0 Å². The van der Waals surface area contributed by atoms with E-state index in [9.17, 15) is 9.90 Å². The number of alkyl halides is 1. The Morgan fingerprint density at radius 3 is 2.08 bits per heavy atom. The third-order valence-electron chi connectivity index (χ3n) is 1.53. The van der Waals surface area contributed by atoms with Crippen molar-refractivity contribution in [1.82, 2.24) is 0 Å². The van der Waals surface area contributed by atoms with Crippen LogP contribution in [0.2, 0.25) is 0 Å². The predicted octanol–water partition coefficient (Wildman–Crippen LogP) is 1.56. The number of rotatable bonds is 4. The van der Waals surface area contributed by atoms with Gasteiger partial charge < -0.3 is 9.84 Å². The van der Waals surface area contributed by atoms with Crippen LogP contribution in [0.3, 0.4) is 0 Å². The van der Waals surface area contributed by atoms with Gasteiger partial charge in [0, 0.05) is 0 Å². The first-order valence-corrected chi connectivity index (χ1v) is 4.82. The number of carbonyl (C=O) groups excluding carboxylic acids is 1. The highest BCUT2D eigenvalue weighted by Crippen LogP contribution is 2.15. The van der Waals surface area contributed by atoms with Crippen LogP contribution in [0.1, 0.15) is 27.7 Å². The molecule has 0 aromatic carbocycles. The zero-order valence-corrected chi connectivity index (χ0v) is 9.21. The van der Waals surface area contributed by atoms with E-state index < -0.39 is 17.5 Å². The number of esters is 1. The molecule has 0 radical (unpaired) electrons. The fourth-order valence-corrected chi connectivity index (χ4v) is 0.899. The van der Waals surface area contributed by atoms with Crippen LogP contribution in [-0.2, 0) is 9.53 Å². The molecule has 0 aromatic rings. The molecule has 13 heavy (non-hydrogen) atoms. The van der Waals surface area contributed by atoms with Crippen LogP contribution in [0.15, 0.2) is 0 Å². The van der Waals surface area contributed by atoms with Crippen molar-refractivity contribution in [1.29, 1.82) is 0 Å². The number of hydrogen-bond donors (Lipinski definition) is 1. The normalized spacial score (nSPS) is 16.0. The smallest absolute Gasteiger partial charge is 0.336 e. The molecule has 0 aliphatic rings. The Morgan fingerprint density at radius 1 is 1.31 bits per heavy atom. The Morgan fingerprint density at radius 2 is 1.77 bits per heavy atom. The van der Waals surface area contributed by atoms with E-state index in [0.29, 0.717) is 0 Å². The van der Waals surface area contributed by atoms with Gasteiger partial charge in [-0.15, -0.1) is 11.6 Å². The van der Waals surface area contributed by atoms with Gasteiger partial charge in [-0.05, 0) is 19.8 Å². The molecule has 78 valence electrons. The molecule has 0 aliphatic heterocycles. The summed E-state index contributed by atoms with van der Waals surface area (Å²) in [6, 6.07) is 0. The van der Waals surface area contributed by atoms with Gasteiger partial charge in [0.25, 0.3) is 0 Å². The Labute approximate surface area is 84.0 Å². The lowest BCUT2D eigenvalue weighted by Gasteiger charge is -2.19. The van der Waals surface area contributed by atoms with Crippen molar-refractivity contribution in [3.05, 3.63) is 0 Å². The summed E-state index contributed by atoms with van der Waals surface area (Å²) in [5, 5.41) is 8.81. The average molecular weight is 209 g/mol. The van der Waals surface area contributed by atoms with Gasteiger partial charge in [0.1, 0.15) is 0 Å². The highest BCUT2D eigenvalue weighted by molar-refractivity contribution is 6.22. The minimum Gasteiger partial charge on any atom is -0.461 e. The number of carbonyl (C=O) groups is 1. The van der Waals surface area contributed by atoms with Crippen LogP contribution in [0.5, 0.6) is 0 Å². The zero-order chi connectivity index (χ0) is 10.6. The van der Waals surface area contributed by atoms with Crippen molar-refractivity contribution >= 4 is 17.6 Å². The predicted molar refractivity (Wildman–Crippen MR) is 51.7 cm³/mol. The zero-order valence-electron chi connectivity index (χ0n) is 8.45. The molecule has 0 bridgehead atoms. The number of aliphatic hydroxyl groups is 1. The van der Waals surface area contributed by atoms with Crippen molar-refractivity contribution in [3.63, 3.8) is 0 Å². The topological polar surface area (TPSA) is 46.5 Å². The molecule has 1 N–H and O–H groups in total. The van der Waals surface area contributed by atoms with Crippen molar-refractivity contribution in [2.75, 3.05) is 0 Å². The molecular weight excluding hydrogens is 192 g/mol. The first kappa shape index (κ1) is 12.7. The van der Waals surface area contributed by atoms with Crippen LogP contribution in [0.25, 0.3) is 0 Å². The quantitative estimate of drug-likeness (QED) is 0.564. The summed E-state index contributed by atoms with van der Waals surface area (Å²) in [7, 11) is 0. The third kappa shape index (κ3) is 4.48. The molecule has 0 saturated heterocycles. The minimum absolute atomic E-state index is 0.0383. The lowest BCUT2D eigenvalue weighted by atomic mass is 10.1. The van der Waals surface area contributed by atoms with E-state index in [4.69, 9.17) is 16.3 Å². The van der Waals surface area contributed by atoms with Gasteiger partial charge in [-0.1, -0.05) is 13.8 Å². The Bertz CT molecular complexity index is 168. The minimum atomic E-state index is -1.23. The number of hydrogen-bond acceptors (Lipinski definition) is 3. The number of ether oxygens (including phenoxy) is 1. The summed E-state index contributed by atoms with van der Waals surface area (Å²) in [6.45, 7) is 7.12. The van der Waals surface area contributed by atoms with E-state index >= 15 is 0 Å². The van der Waals surface area contributed by atoms with Gasteiger partial charge in [0.2, 0.25) is 0 Å². The maximum Gasteiger partial charge on any atom is 0.336 e. The van der Waals surface area contributed by atoms with Crippen molar-refractivity contribution < 1.29 is 14.6 Å². The maximum absolute atomic E-state index is 11.1. The highest BCUT2D eigenvalue weighted by atomic mass is 35.5. The highest BCUT2D eigenvalue weighted by Gasteiger charge is 2.28. The fourth-order valence-electron chi connectivity index (χ4n) is 0.797. The van der Waals surface area contributed by atoms with Gasteiger partial charge in [0.05, 0.1) is 11.5 Å². The fraction of sp³-hybridized carbons (Fsp3) is 0.889. The maximum atomic E-state index is 11.1. The first-order valence-electron chi connectivity index (χ1n) is 4.39. The molecule has 0 heterocycles. The van der Waals surface area contributed by atoms with Gasteiger partial charge >= 0.3 is 5.97 Å². The van der Waals surface area contributed by atoms with Gasteiger partial charge in [-0.3, -0.25) is 0 Å². The van der Waals surface area contributed by atoms with Gasteiger partial charge in [0.15, 0.2) is 6.10 Å². The largest absolute Gasteiger partial charge is 0.461 e. The number of halogens is 1. The summed E-state index contributed by atoms with van der Waals surface area (Å²) >= 11 is 5.79. The summed E-state index contributed by atoms with van der Waals surface area (Å²) in [5.74, 6) is -0.611. The van der Waals surface area contributed by atoms with E-state index in [2.05, 4.69) is 0 Å². The molecule has 0 saturated carbocycles. The second-order valence-corrected chi connectivity index (χ2v) is 4.12. The van der Waals surface area contributed by atoms with Crippen LogP contribution in [-0.4, -0.2) is 28.7 Å². The van der Waals surface area contributed by atoms with E-state index in [1.807, 2.05) is 13.8 Å². The second-order valence-electron chi connectivity index (χ2n) is 3.62. The number of aliphatic hydroxyl groups excluding tert-OH is 1. The molecule has 0 spiro atoms. The third-order valence-corrected chi connectivity index (χ3v) is 2.27.